The minimum atomic E-state index is -0.147. The molecule has 7 nitrogen and oxygen atoms in total. The lowest BCUT2D eigenvalue weighted by Crippen LogP contribution is -2.56. The van der Waals surface area contributed by atoms with E-state index in [-0.39, 0.29) is 30.7 Å². The summed E-state index contributed by atoms with van der Waals surface area (Å²) in [7, 11) is 3.51. The molecule has 154 valence electrons. The Morgan fingerprint density at radius 1 is 1.07 bits per heavy atom. The zero-order chi connectivity index (χ0) is 20.0. The van der Waals surface area contributed by atoms with Gasteiger partial charge in [0, 0.05) is 36.2 Å². The molecule has 29 heavy (non-hydrogen) atoms. The number of methoxy groups -OCH3 is 1. The fraction of sp³-hybridized carbons (Fsp3) is 0.455. The van der Waals surface area contributed by atoms with Gasteiger partial charge in [0.15, 0.2) is 29.2 Å². The Morgan fingerprint density at radius 3 is 2.55 bits per heavy atom. The van der Waals surface area contributed by atoms with Gasteiger partial charge in [0.25, 0.3) is 0 Å². The minimum absolute atomic E-state index is 0.0565. The Hall–Kier alpha value is -2.64. The second-order valence-corrected chi connectivity index (χ2v) is 7.69. The predicted octanol–water partition coefficient (Wildman–Crippen LogP) is 2.66. The van der Waals surface area contributed by atoms with E-state index in [2.05, 4.69) is 10.2 Å². The molecule has 3 atom stereocenters. The normalized spacial score (nSPS) is 25.5. The van der Waals surface area contributed by atoms with E-state index in [9.17, 15) is 5.11 Å². The van der Waals surface area contributed by atoms with Crippen LogP contribution in [0, 0.1) is 0 Å². The van der Waals surface area contributed by atoms with E-state index in [1.165, 1.54) is 12.8 Å². The van der Waals surface area contributed by atoms with Crippen LogP contribution in [-0.2, 0) is 0 Å². The first-order chi connectivity index (χ1) is 14.2. The Bertz CT molecular complexity index is 912. The van der Waals surface area contributed by atoms with Gasteiger partial charge in [0.05, 0.1) is 13.2 Å². The molecule has 0 radical (unpaired) electrons. The molecule has 0 aromatic heterocycles. The Kier molecular flexibility index (Phi) is 4.64. The van der Waals surface area contributed by atoms with Crippen LogP contribution in [0.25, 0.3) is 0 Å². The number of hydrogen-bond donors (Lipinski definition) is 2. The molecule has 2 N–H and O–H groups in total. The van der Waals surface area contributed by atoms with Crippen LogP contribution in [0.3, 0.4) is 0 Å². The van der Waals surface area contributed by atoms with Crippen molar-refractivity contribution in [2.24, 2.45) is 0 Å². The number of nitrogens with zero attached hydrogens (tertiary/aromatic N) is 1. The molecule has 7 heteroatoms. The molecule has 5 rings (SSSR count). The maximum absolute atomic E-state index is 11.0. The molecule has 2 aromatic rings. The highest BCUT2D eigenvalue weighted by Gasteiger charge is 2.44. The largest absolute Gasteiger partial charge is 0.504 e. The summed E-state index contributed by atoms with van der Waals surface area (Å²) in [5.41, 5.74) is 1.77. The molecule has 0 amide bonds. The van der Waals surface area contributed by atoms with Gasteiger partial charge >= 0.3 is 0 Å². The number of ether oxygens (including phenoxy) is 4. The van der Waals surface area contributed by atoms with E-state index in [0.29, 0.717) is 17.2 Å². The molecule has 3 aliphatic heterocycles. The number of benzene rings is 2. The van der Waals surface area contributed by atoms with Crippen molar-refractivity contribution in [2.45, 2.75) is 31.0 Å². The number of rotatable bonds is 4. The topological polar surface area (TPSA) is 72.4 Å². The van der Waals surface area contributed by atoms with Crippen molar-refractivity contribution < 1.29 is 24.1 Å². The highest BCUT2D eigenvalue weighted by atomic mass is 16.7. The van der Waals surface area contributed by atoms with Crippen molar-refractivity contribution >= 4 is 0 Å². The number of fused-ring (bicyclic) bond motifs is 2. The number of phenols is 1. The number of nitrogens with one attached hydrogen (secondary N) is 1. The average molecular weight is 398 g/mol. The van der Waals surface area contributed by atoms with Crippen LogP contribution in [0.1, 0.15) is 29.9 Å². The summed E-state index contributed by atoms with van der Waals surface area (Å²) < 4.78 is 23.1. The fourth-order valence-corrected chi connectivity index (χ4v) is 4.77. The average Bonchev–Trinajstić information content (AvgIpc) is 3.43. The van der Waals surface area contributed by atoms with Gasteiger partial charge in [0.2, 0.25) is 6.79 Å². The first kappa shape index (κ1) is 18.4. The van der Waals surface area contributed by atoms with Gasteiger partial charge in [0.1, 0.15) is 5.75 Å². The van der Waals surface area contributed by atoms with Crippen molar-refractivity contribution in [1.29, 1.82) is 0 Å². The van der Waals surface area contributed by atoms with E-state index >= 15 is 0 Å². The summed E-state index contributed by atoms with van der Waals surface area (Å²) in [6.07, 6.45) is 2.18. The van der Waals surface area contributed by atoms with Gasteiger partial charge in [-0.1, -0.05) is 12.1 Å². The third-order valence-corrected chi connectivity index (χ3v) is 6.17. The van der Waals surface area contributed by atoms with Crippen molar-refractivity contribution in [3.8, 4) is 28.7 Å². The number of para-hydroxylation sites is 1. The van der Waals surface area contributed by atoms with Gasteiger partial charge < -0.3 is 29.4 Å². The second kappa shape index (κ2) is 7.31. The first-order valence-corrected chi connectivity index (χ1v) is 10.1. The lowest BCUT2D eigenvalue weighted by molar-refractivity contribution is -0.00388. The van der Waals surface area contributed by atoms with Crippen LogP contribution in [0.5, 0.6) is 28.7 Å². The van der Waals surface area contributed by atoms with Crippen LogP contribution >= 0.6 is 0 Å². The maximum Gasteiger partial charge on any atom is 0.231 e. The van der Waals surface area contributed by atoms with Gasteiger partial charge in [-0.05, 0) is 32.0 Å². The van der Waals surface area contributed by atoms with Crippen LogP contribution in [0.4, 0.5) is 0 Å². The standard InChI is InChI=1S/C22H26N2O5/c1-23-20-19(13-6-5-7-15(26-2)21(13)25)14-10-17-18(28-12-27-17)11-16(14)29-22(20)24-8-3-4-9-24/h5-7,10-11,19-20,22-23,25H,3-4,8-9,12H2,1-2H3. The second-order valence-electron chi connectivity index (χ2n) is 7.69. The van der Waals surface area contributed by atoms with E-state index in [0.717, 1.165) is 30.0 Å². The Morgan fingerprint density at radius 2 is 1.83 bits per heavy atom. The number of likely N-dealkylation sites (N-methyl/N-ethyl adjacent to an activating group) is 1. The quantitative estimate of drug-likeness (QED) is 0.820. The summed E-state index contributed by atoms with van der Waals surface area (Å²) in [5.74, 6) is 2.65. The lowest BCUT2D eigenvalue weighted by Gasteiger charge is -2.43. The van der Waals surface area contributed by atoms with Crippen molar-refractivity contribution in [1.82, 2.24) is 10.2 Å². The maximum atomic E-state index is 11.0. The molecule has 1 saturated heterocycles. The highest BCUT2D eigenvalue weighted by Crippen LogP contribution is 2.50. The summed E-state index contributed by atoms with van der Waals surface area (Å²) in [5, 5.41) is 14.4. The molecule has 3 aliphatic rings. The summed E-state index contributed by atoms with van der Waals surface area (Å²) in [4.78, 5) is 2.37. The SMILES string of the molecule is CNC1C(c2cccc(OC)c2O)c2cc3c(cc2OC1N1CCCC1)OCO3. The van der Waals surface area contributed by atoms with Crippen molar-refractivity contribution in [3.63, 3.8) is 0 Å². The van der Waals surface area contributed by atoms with Crippen LogP contribution in [0.15, 0.2) is 30.3 Å². The number of aromatic hydroxyl groups is 1. The molecular formula is C22H26N2O5. The molecule has 0 aliphatic carbocycles. The third kappa shape index (κ3) is 2.96. The summed E-state index contributed by atoms with van der Waals surface area (Å²) in [6, 6.07) is 9.47. The molecule has 3 heterocycles. The lowest BCUT2D eigenvalue weighted by atomic mass is 9.81. The predicted molar refractivity (Wildman–Crippen MR) is 107 cm³/mol. The molecule has 1 fully saturated rings. The molecule has 0 spiro atoms. The highest BCUT2D eigenvalue weighted by molar-refractivity contribution is 5.59. The molecule has 0 saturated carbocycles. The van der Waals surface area contributed by atoms with Gasteiger partial charge in [-0.25, -0.2) is 0 Å². The van der Waals surface area contributed by atoms with Gasteiger partial charge in [-0.3, -0.25) is 4.90 Å². The van der Waals surface area contributed by atoms with Crippen molar-refractivity contribution in [3.05, 3.63) is 41.5 Å². The van der Waals surface area contributed by atoms with Gasteiger partial charge in [-0.2, -0.15) is 0 Å². The van der Waals surface area contributed by atoms with Crippen LogP contribution in [0.2, 0.25) is 0 Å². The third-order valence-electron chi connectivity index (χ3n) is 6.17. The van der Waals surface area contributed by atoms with Crippen LogP contribution < -0.4 is 24.3 Å². The fourth-order valence-electron chi connectivity index (χ4n) is 4.77. The first-order valence-electron chi connectivity index (χ1n) is 10.1. The number of likely N-dealkylation sites (tertiary alicyclic amines) is 1. The Labute approximate surface area is 170 Å². The molecular weight excluding hydrogens is 372 g/mol. The zero-order valence-electron chi connectivity index (χ0n) is 16.7. The van der Waals surface area contributed by atoms with Gasteiger partial charge in [-0.15, -0.1) is 0 Å². The monoisotopic (exact) mass is 398 g/mol. The zero-order valence-corrected chi connectivity index (χ0v) is 16.7. The van der Waals surface area contributed by atoms with E-state index < -0.39 is 0 Å². The number of hydrogen-bond acceptors (Lipinski definition) is 7. The number of phenolic OH excluding ortho intramolecular Hbond substituents is 1. The molecule has 3 unspecified atom stereocenters. The molecule has 2 aromatic carbocycles. The summed E-state index contributed by atoms with van der Waals surface area (Å²) in [6.45, 7) is 2.21. The van der Waals surface area contributed by atoms with E-state index in [4.69, 9.17) is 18.9 Å². The van der Waals surface area contributed by atoms with Crippen molar-refractivity contribution in [2.75, 3.05) is 34.0 Å². The van der Waals surface area contributed by atoms with E-state index in [1.54, 1.807) is 13.2 Å². The smallest absolute Gasteiger partial charge is 0.231 e. The Balaban J connectivity index is 1.68. The summed E-state index contributed by atoms with van der Waals surface area (Å²) >= 11 is 0. The van der Waals surface area contributed by atoms with Crippen LogP contribution in [-0.4, -0.2) is 56.3 Å². The minimum Gasteiger partial charge on any atom is -0.504 e. The van der Waals surface area contributed by atoms with E-state index in [1.807, 2.05) is 31.3 Å². The molecule has 0 bridgehead atoms.